The van der Waals surface area contributed by atoms with Gasteiger partial charge in [-0.05, 0) is 24.6 Å². The fourth-order valence-electron chi connectivity index (χ4n) is 0.801. The molecule has 0 saturated heterocycles. The maximum atomic E-state index is 5.55. The minimum absolute atomic E-state index is 1.00. The molecule has 0 saturated carbocycles. The van der Waals surface area contributed by atoms with Crippen molar-refractivity contribution in [3.05, 3.63) is 28.2 Å². The Hall–Kier alpha value is -0.540. The molecule has 2 N–H and O–H groups in total. The van der Waals surface area contributed by atoms with E-state index in [0.29, 0.717) is 0 Å². The topological polar surface area (TPSA) is 29.3 Å². The normalized spacial score (nSPS) is 9.82. The van der Waals surface area contributed by atoms with Gasteiger partial charge in [0, 0.05) is 11.5 Å². The Labute approximate surface area is 75.1 Å². The summed E-state index contributed by atoms with van der Waals surface area (Å²) in [6.45, 7) is 2.05. The van der Waals surface area contributed by atoms with Crippen molar-refractivity contribution in [2.45, 2.75) is 6.92 Å². The number of anilines is 1. The van der Waals surface area contributed by atoms with Crippen LogP contribution in [0.15, 0.2) is 22.7 Å². The molecule has 0 aromatic heterocycles. The Kier molecular flexibility index (Phi) is 2.52. The Morgan fingerprint density at radius 1 is 1.45 bits per heavy atom. The highest BCUT2D eigenvalue weighted by Crippen LogP contribution is 2.21. The van der Waals surface area contributed by atoms with Crippen LogP contribution >= 0.6 is 15.9 Å². The zero-order valence-corrected chi connectivity index (χ0v) is 8.22. The first-order valence-electron chi connectivity index (χ1n) is 3.36. The standard InChI is InChI=1S/C8H11BrN2/c1-6-3-4-7(11(2)10)5-8(6)9/h3-5H,10H2,1-2H3. The van der Waals surface area contributed by atoms with Crippen molar-refractivity contribution in [2.24, 2.45) is 5.84 Å². The minimum atomic E-state index is 1.00. The molecule has 0 fully saturated rings. The molecule has 60 valence electrons. The molecule has 0 bridgehead atoms. The summed E-state index contributed by atoms with van der Waals surface area (Å²) in [5, 5.41) is 1.59. The summed E-state index contributed by atoms with van der Waals surface area (Å²) in [5.41, 5.74) is 2.22. The molecule has 0 aliphatic heterocycles. The predicted molar refractivity (Wildman–Crippen MR) is 51.5 cm³/mol. The Balaban J connectivity index is 3.05. The van der Waals surface area contributed by atoms with Crippen molar-refractivity contribution in [3.63, 3.8) is 0 Å². The first kappa shape index (κ1) is 8.56. The van der Waals surface area contributed by atoms with E-state index in [2.05, 4.69) is 15.9 Å². The van der Waals surface area contributed by atoms with Gasteiger partial charge in [-0.15, -0.1) is 0 Å². The van der Waals surface area contributed by atoms with E-state index in [0.717, 1.165) is 10.2 Å². The van der Waals surface area contributed by atoms with Gasteiger partial charge in [0.25, 0.3) is 0 Å². The number of hydrogen-bond acceptors (Lipinski definition) is 2. The molecule has 11 heavy (non-hydrogen) atoms. The summed E-state index contributed by atoms with van der Waals surface area (Å²) in [6.07, 6.45) is 0. The van der Waals surface area contributed by atoms with E-state index in [1.807, 2.05) is 32.2 Å². The number of rotatable bonds is 1. The average molecular weight is 215 g/mol. The summed E-state index contributed by atoms with van der Waals surface area (Å²) in [4.78, 5) is 0. The van der Waals surface area contributed by atoms with Gasteiger partial charge in [0.15, 0.2) is 0 Å². The second-order valence-corrected chi connectivity index (χ2v) is 3.40. The summed E-state index contributed by atoms with van der Waals surface area (Å²) >= 11 is 3.43. The van der Waals surface area contributed by atoms with Crippen molar-refractivity contribution in [3.8, 4) is 0 Å². The second kappa shape index (κ2) is 3.24. The van der Waals surface area contributed by atoms with Crippen LogP contribution in [-0.2, 0) is 0 Å². The summed E-state index contributed by atoms with van der Waals surface area (Å²) in [7, 11) is 1.82. The molecule has 0 amide bonds. The van der Waals surface area contributed by atoms with Gasteiger partial charge in [0.1, 0.15) is 0 Å². The van der Waals surface area contributed by atoms with Gasteiger partial charge in [0.05, 0.1) is 5.69 Å². The van der Waals surface area contributed by atoms with Crippen molar-refractivity contribution in [2.75, 3.05) is 12.1 Å². The lowest BCUT2D eigenvalue weighted by Gasteiger charge is -2.12. The molecule has 0 radical (unpaired) electrons. The van der Waals surface area contributed by atoms with Crippen LogP contribution in [0, 0.1) is 6.92 Å². The molecule has 0 heterocycles. The molecular weight excluding hydrogens is 204 g/mol. The van der Waals surface area contributed by atoms with Crippen LogP contribution in [0.1, 0.15) is 5.56 Å². The molecule has 0 aliphatic rings. The maximum Gasteiger partial charge on any atom is 0.0525 e. The number of aryl methyl sites for hydroxylation is 1. The van der Waals surface area contributed by atoms with E-state index < -0.39 is 0 Å². The number of nitrogens with two attached hydrogens (primary N) is 1. The van der Waals surface area contributed by atoms with Crippen molar-refractivity contribution in [1.29, 1.82) is 0 Å². The van der Waals surface area contributed by atoms with E-state index in [9.17, 15) is 0 Å². The van der Waals surface area contributed by atoms with Gasteiger partial charge in [-0.2, -0.15) is 0 Å². The van der Waals surface area contributed by atoms with Gasteiger partial charge in [-0.25, -0.2) is 5.84 Å². The number of hydrazine groups is 1. The number of benzene rings is 1. The second-order valence-electron chi connectivity index (χ2n) is 2.54. The molecule has 1 rings (SSSR count). The molecule has 1 aromatic carbocycles. The van der Waals surface area contributed by atoms with Gasteiger partial charge in [-0.3, -0.25) is 0 Å². The quantitative estimate of drug-likeness (QED) is 0.573. The smallest absolute Gasteiger partial charge is 0.0525 e. The third-order valence-electron chi connectivity index (χ3n) is 1.56. The van der Waals surface area contributed by atoms with E-state index >= 15 is 0 Å². The van der Waals surface area contributed by atoms with Gasteiger partial charge >= 0.3 is 0 Å². The molecule has 0 unspecified atom stereocenters. The summed E-state index contributed by atoms with van der Waals surface area (Å²) < 4.78 is 1.09. The van der Waals surface area contributed by atoms with Crippen LogP contribution in [0.3, 0.4) is 0 Å². The first-order valence-corrected chi connectivity index (χ1v) is 4.15. The van der Waals surface area contributed by atoms with E-state index in [-0.39, 0.29) is 0 Å². The zero-order chi connectivity index (χ0) is 8.43. The van der Waals surface area contributed by atoms with E-state index in [1.54, 1.807) is 5.01 Å². The number of hydrogen-bond donors (Lipinski definition) is 1. The number of halogens is 1. The summed E-state index contributed by atoms with van der Waals surface area (Å²) in [6, 6.07) is 6.01. The maximum absolute atomic E-state index is 5.55. The average Bonchev–Trinajstić information content (AvgIpc) is 1.94. The van der Waals surface area contributed by atoms with Crippen molar-refractivity contribution in [1.82, 2.24) is 0 Å². The lowest BCUT2D eigenvalue weighted by atomic mass is 10.2. The van der Waals surface area contributed by atoms with Crippen LogP contribution in [0.4, 0.5) is 5.69 Å². The Bertz CT molecular complexity index is 258. The fraction of sp³-hybridized carbons (Fsp3) is 0.250. The lowest BCUT2D eigenvalue weighted by Crippen LogP contribution is -2.24. The van der Waals surface area contributed by atoms with Gasteiger partial charge in [-0.1, -0.05) is 22.0 Å². The van der Waals surface area contributed by atoms with E-state index in [4.69, 9.17) is 5.84 Å². The minimum Gasteiger partial charge on any atom is -0.314 e. The Morgan fingerprint density at radius 3 is 2.55 bits per heavy atom. The van der Waals surface area contributed by atoms with Crippen LogP contribution in [0.2, 0.25) is 0 Å². The van der Waals surface area contributed by atoms with Crippen molar-refractivity contribution < 1.29 is 0 Å². The highest BCUT2D eigenvalue weighted by Gasteiger charge is 1.97. The summed E-state index contributed by atoms with van der Waals surface area (Å²) in [5.74, 6) is 5.55. The molecule has 0 aliphatic carbocycles. The monoisotopic (exact) mass is 214 g/mol. The molecule has 0 spiro atoms. The molecule has 1 aromatic rings. The third-order valence-corrected chi connectivity index (χ3v) is 2.42. The lowest BCUT2D eigenvalue weighted by molar-refractivity contribution is 1.02. The largest absolute Gasteiger partial charge is 0.314 e. The predicted octanol–water partition coefficient (Wildman–Crippen LogP) is 2.07. The zero-order valence-electron chi connectivity index (χ0n) is 6.63. The Morgan fingerprint density at radius 2 is 2.09 bits per heavy atom. The van der Waals surface area contributed by atoms with Crippen molar-refractivity contribution >= 4 is 21.6 Å². The van der Waals surface area contributed by atoms with E-state index in [1.165, 1.54) is 5.56 Å². The highest BCUT2D eigenvalue weighted by atomic mass is 79.9. The molecular formula is C8H11BrN2. The van der Waals surface area contributed by atoms with Crippen LogP contribution in [0.25, 0.3) is 0 Å². The van der Waals surface area contributed by atoms with Crippen LogP contribution in [0.5, 0.6) is 0 Å². The van der Waals surface area contributed by atoms with Crippen LogP contribution < -0.4 is 10.9 Å². The fourth-order valence-corrected chi connectivity index (χ4v) is 1.17. The molecule has 3 heteroatoms. The first-order chi connectivity index (χ1) is 5.11. The SMILES string of the molecule is Cc1ccc(N(C)N)cc1Br. The van der Waals surface area contributed by atoms with Gasteiger partial charge in [0.2, 0.25) is 0 Å². The van der Waals surface area contributed by atoms with Gasteiger partial charge < -0.3 is 5.01 Å². The van der Waals surface area contributed by atoms with Crippen LogP contribution in [-0.4, -0.2) is 7.05 Å². The highest BCUT2D eigenvalue weighted by molar-refractivity contribution is 9.10. The third kappa shape index (κ3) is 1.94. The molecule has 0 atom stereocenters. The number of nitrogens with zero attached hydrogens (tertiary/aromatic N) is 1. The molecule has 2 nitrogen and oxygen atoms in total.